The molecule has 0 saturated carbocycles. The van der Waals surface area contributed by atoms with Crippen LogP contribution in [-0.4, -0.2) is 20.0 Å². The summed E-state index contributed by atoms with van der Waals surface area (Å²) in [5.41, 5.74) is 1.13. The van der Waals surface area contributed by atoms with Gasteiger partial charge in [0.25, 0.3) is 0 Å². The van der Waals surface area contributed by atoms with Gasteiger partial charge in [-0.1, -0.05) is 82.5 Å². The lowest BCUT2D eigenvalue weighted by Crippen LogP contribution is -2.07. The smallest absolute Gasteiger partial charge is 0.137 e. The predicted octanol–water partition coefficient (Wildman–Crippen LogP) is 6.17. The fraction of sp³-hybridized carbons (Fsp3) is 0.571. The maximum absolute atomic E-state index is 11.6. The van der Waals surface area contributed by atoms with Gasteiger partial charge in [0.05, 0.1) is 0 Å². The average molecular weight is 321 g/mol. The van der Waals surface area contributed by atoms with Gasteiger partial charge in [-0.25, -0.2) is 0 Å². The third kappa shape index (κ3) is 15.3. The van der Waals surface area contributed by atoms with E-state index >= 15 is 0 Å². The highest BCUT2D eigenvalue weighted by atomic mass is 16.4. The molecular weight excluding hydrogens is 284 g/mol. The number of methoxy groups -OCH3 is 1. The summed E-state index contributed by atoms with van der Waals surface area (Å²) < 4.78 is 4.25. The van der Waals surface area contributed by atoms with Gasteiger partial charge in [-0.05, 0) is 25.3 Å². The van der Waals surface area contributed by atoms with Crippen molar-refractivity contribution in [2.45, 2.75) is 65.7 Å². The van der Waals surface area contributed by atoms with E-state index in [-0.39, 0.29) is 11.7 Å². The van der Waals surface area contributed by atoms with E-state index in [9.17, 15) is 4.79 Å². The summed E-state index contributed by atoms with van der Waals surface area (Å²) in [6.45, 7) is 8.12. The number of ether oxygens (including phenoxy) is 1. The molecule has 0 fully saturated rings. The molecule has 0 aliphatic carbocycles. The highest BCUT2D eigenvalue weighted by Gasteiger charge is 2.14. The zero-order chi connectivity index (χ0) is 17.9. The quantitative estimate of drug-likeness (QED) is 0.443. The van der Waals surface area contributed by atoms with Gasteiger partial charge in [-0.2, -0.15) is 0 Å². The molecule has 23 heavy (non-hydrogen) atoms. The summed E-state index contributed by atoms with van der Waals surface area (Å²) in [7, 11) is 3.25. The van der Waals surface area contributed by atoms with Gasteiger partial charge in [0, 0.05) is 20.1 Å². The second kappa shape index (κ2) is 18.6. The third-order valence-electron chi connectivity index (χ3n) is 2.96. The summed E-state index contributed by atoms with van der Waals surface area (Å²) in [5.74, 6) is 0.269. The summed E-state index contributed by atoms with van der Waals surface area (Å²) in [4.78, 5) is 11.6. The Kier molecular flexibility index (Phi) is 19.3. The lowest BCUT2D eigenvalue weighted by molar-refractivity contribution is -0.118. The van der Waals surface area contributed by atoms with Crippen molar-refractivity contribution >= 4 is 5.78 Å². The molecule has 0 spiro atoms. The topological polar surface area (TPSA) is 26.3 Å². The Labute approximate surface area is 144 Å². The molecule has 0 radical (unpaired) electrons. The summed E-state index contributed by atoms with van der Waals surface area (Å²) in [5, 5.41) is 0. The number of carbonyl (C=O) groups is 1. The molecule has 1 atom stereocenters. The van der Waals surface area contributed by atoms with Gasteiger partial charge in [-0.3, -0.25) is 4.79 Å². The van der Waals surface area contributed by atoms with E-state index in [2.05, 4.69) is 37.7 Å². The van der Waals surface area contributed by atoms with E-state index in [0.29, 0.717) is 0 Å². The Hall–Kier alpha value is -1.41. The molecule has 1 rings (SSSR count). The van der Waals surface area contributed by atoms with Crippen molar-refractivity contribution in [3.05, 3.63) is 48.0 Å². The van der Waals surface area contributed by atoms with Crippen molar-refractivity contribution in [3.8, 4) is 0 Å². The average Bonchev–Trinajstić information content (AvgIpc) is 2.53. The van der Waals surface area contributed by atoms with Crippen LogP contribution >= 0.6 is 0 Å². The maximum atomic E-state index is 11.6. The second-order valence-corrected chi connectivity index (χ2v) is 5.54. The Morgan fingerprint density at radius 1 is 1.09 bits per heavy atom. The van der Waals surface area contributed by atoms with Gasteiger partial charge in [0.2, 0.25) is 0 Å². The normalized spacial score (nSPS) is 11.0. The maximum Gasteiger partial charge on any atom is 0.137 e. The molecule has 0 aliphatic heterocycles. The van der Waals surface area contributed by atoms with Gasteiger partial charge in [0.15, 0.2) is 0 Å². The Morgan fingerprint density at radius 2 is 1.61 bits per heavy atom. The van der Waals surface area contributed by atoms with Crippen molar-refractivity contribution in [1.29, 1.82) is 0 Å². The molecule has 0 unspecified atom stereocenters. The molecule has 132 valence electrons. The molecule has 0 aromatic heterocycles. The van der Waals surface area contributed by atoms with Gasteiger partial charge in [0.1, 0.15) is 5.78 Å². The van der Waals surface area contributed by atoms with E-state index < -0.39 is 0 Å². The van der Waals surface area contributed by atoms with Crippen LogP contribution in [0.3, 0.4) is 0 Å². The molecule has 0 saturated heterocycles. The molecule has 0 N–H and O–H groups in total. The number of hydrogen-bond acceptors (Lipinski definition) is 2. The fourth-order valence-corrected chi connectivity index (χ4v) is 1.89. The lowest BCUT2D eigenvalue weighted by atomic mass is 9.92. The zero-order valence-electron chi connectivity index (χ0n) is 16.0. The van der Waals surface area contributed by atoms with Crippen LogP contribution in [0.2, 0.25) is 0 Å². The first-order valence-electron chi connectivity index (χ1n) is 8.69. The first-order chi connectivity index (χ1) is 11.1. The lowest BCUT2D eigenvalue weighted by Gasteiger charge is -2.11. The molecule has 0 bridgehead atoms. The number of unbranched alkanes of at least 4 members (excludes halogenated alkanes) is 2. The van der Waals surface area contributed by atoms with Crippen LogP contribution in [0, 0.1) is 0 Å². The van der Waals surface area contributed by atoms with E-state index in [4.69, 9.17) is 0 Å². The van der Waals surface area contributed by atoms with Crippen molar-refractivity contribution in [1.82, 2.24) is 0 Å². The van der Waals surface area contributed by atoms with E-state index in [1.54, 1.807) is 21.1 Å². The van der Waals surface area contributed by atoms with Crippen molar-refractivity contribution in [3.63, 3.8) is 0 Å². The Morgan fingerprint density at radius 3 is 2.04 bits per heavy atom. The zero-order valence-corrected chi connectivity index (χ0v) is 16.0. The van der Waals surface area contributed by atoms with Gasteiger partial charge < -0.3 is 4.74 Å². The first kappa shape index (κ1) is 23.9. The molecule has 2 nitrogen and oxygen atoms in total. The Bertz CT molecular complexity index is 380. The van der Waals surface area contributed by atoms with E-state index in [1.165, 1.54) is 19.3 Å². The minimum atomic E-state index is 0.0223. The standard InChI is InChI=1S/C16H22O.C3H8.C2H6O/c1-3-4-5-6-10-13-16(14(2)17)15-11-8-7-9-12-15;2*1-3-2/h6-12,16H,3-5,13H2,1-2H3;3H2,1-2H3;1-2H3/b10-6+;;/t16-;;/m1../s1. The minimum Gasteiger partial charge on any atom is -0.388 e. The Balaban J connectivity index is 0. The number of hydrogen-bond donors (Lipinski definition) is 0. The van der Waals surface area contributed by atoms with Gasteiger partial charge >= 0.3 is 0 Å². The van der Waals surface area contributed by atoms with Crippen LogP contribution in [0.4, 0.5) is 0 Å². The van der Waals surface area contributed by atoms with Crippen LogP contribution in [0.25, 0.3) is 0 Å². The minimum absolute atomic E-state index is 0.0223. The monoisotopic (exact) mass is 320 g/mol. The molecule has 0 heterocycles. The highest BCUT2D eigenvalue weighted by molar-refractivity contribution is 5.83. The number of ketones is 1. The number of allylic oxidation sites excluding steroid dienone is 2. The van der Waals surface area contributed by atoms with Crippen molar-refractivity contribution in [2.24, 2.45) is 0 Å². The largest absolute Gasteiger partial charge is 0.388 e. The third-order valence-corrected chi connectivity index (χ3v) is 2.96. The van der Waals surface area contributed by atoms with Crippen LogP contribution < -0.4 is 0 Å². The van der Waals surface area contributed by atoms with Crippen molar-refractivity contribution < 1.29 is 9.53 Å². The molecule has 1 aromatic rings. The van der Waals surface area contributed by atoms with E-state index in [0.717, 1.165) is 18.4 Å². The fourth-order valence-electron chi connectivity index (χ4n) is 1.89. The number of benzene rings is 1. The summed E-state index contributed by atoms with van der Waals surface area (Å²) >= 11 is 0. The first-order valence-corrected chi connectivity index (χ1v) is 8.69. The molecule has 2 heteroatoms. The van der Waals surface area contributed by atoms with Crippen molar-refractivity contribution in [2.75, 3.05) is 14.2 Å². The summed E-state index contributed by atoms with van der Waals surface area (Å²) in [6, 6.07) is 10.0. The second-order valence-electron chi connectivity index (χ2n) is 5.54. The SMILES string of the molecule is CCC.CCCC/C=C/C[C@H](C(C)=O)c1ccccc1.COC. The number of Topliss-reactive ketones (excluding diaryl/α,β-unsaturated/α-hetero) is 1. The van der Waals surface area contributed by atoms with E-state index in [1.807, 2.05) is 30.3 Å². The van der Waals surface area contributed by atoms with Crippen LogP contribution in [0.1, 0.15) is 71.3 Å². The molecular formula is C21H36O2. The molecule has 1 aromatic carbocycles. The molecule has 0 amide bonds. The summed E-state index contributed by atoms with van der Waals surface area (Å²) in [6.07, 6.45) is 9.99. The molecule has 0 aliphatic rings. The highest BCUT2D eigenvalue weighted by Crippen LogP contribution is 2.21. The predicted molar refractivity (Wildman–Crippen MR) is 102 cm³/mol. The van der Waals surface area contributed by atoms with Crippen LogP contribution in [0.15, 0.2) is 42.5 Å². The van der Waals surface area contributed by atoms with Crippen LogP contribution in [0.5, 0.6) is 0 Å². The number of rotatable bonds is 7. The van der Waals surface area contributed by atoms with Crippen LogP contribution in [-0.2, 0) is 9.53 Å². The van der Waals surface area contributed by atoms with Gasteiger partial charge in [-0.15, -0.1) is 0 Å². The number of carbonyl (C=O) groups excluding carboxylic acids is 1.